The van der Waals surface area contributed by atoms with Gasteiger partial charge >= 0.3 is 11.9 Å². The van der Waals surface area contributed by atoms with Crippen LogP contribution in [0.25, 0.3) is 11.1 Å². The second-order valence-electron chi connectivity index (χ2n) is 6.71. The van der Waals surface area contributed by atoms with Gasteiger partial charge in [0.2, 0.25) is 11.6 Å². The molecule has 2 aliphatic heterocycles. The van der Waals surface area contributed by atoms with Crippen LogP contribution in [0.2, 0.25) is 0 Å². The first kappa shape index (κ1) is 19.5. The van der Waals surface area contributed by atoms with Gasteiger partial charge in [0.15, 0.2) is 17.3 Å². The van der Waals surface area contributed by atoms with Crippen molar-refractivity contribution in [1.82, 2.24) is 14.9 Å². The van der Waals surface area contributed by atoms with Gasteiger partial charge in [0.1, 0.15) is 17.1 Å². The minimum Gasteiger partial charge on any atom is -0.462 e. The molecular weight excluding hydrogens is 400 g/mol. The van der Waals surface area contributed by atoms with E-state index in [1.165, 1.54) is 11.8 Å². The Labute approximate surface area is 170 Å². The third-order valence-corrected chi connectivity index (χ3v) is 6.46. The lowest BCUT2D eigenvalue weighted by atomic mass is 10.2. The van der Waals surface area contributed by atoms with Crippen LogP contribution >= 0.6 is 11.8 Å². The molecule has 10 nitrogen and oxygen atoms in total. The summed E-state index contributed by atoms with van der Waals surface area (Å²) in [6.45, 7) is 3.82. The predicted octanol–water partition coefficient (Wildman–Crippen LogP) is 1.40. The Morgan fingerprint density at radius 1 is 1.34 bits per heavy atom. The van der Waals surface area contributed by atoms with Gasteiger partial charge in [-0.05, 0) is 20.3 Å². The zero-order chi connectivity index (χ0) is 20.8. The van der Waals surface area contributed by atoms with Gasteiger partial charge in [-0.25, -0.2) is 14.6 Å². The average Bonchev–Trinajstić information content (AvgIpc) is 3.33. The number of amides is 1. The van der Waals surface area contributed by atoms with Gasteiger partial charge in [0, 0.05) is 18.7 Å². The fourth-order valence-electron chi connectivity index (χ4n) is 3.72. The maximum atomic E-state index is 12.7. The van der Waals surface area contributed by atoms with Crippen LogP contribution in [0.4, 0.5) is 5.82 Å². The van der Waals surface area contributed by atoms with Crippen LogP contribution in [0.15, 0.2) is 4.42 Å². The summed E-state index contributed by atoms with van der Waals surface area (Å²) in [5.41, 5.74) is 6.32. The van der Waals surface area contributed by atoms with Crippen molar-refractivity contribution in [1.29, 1.82) is 0 Å². The molecule has 2 aromatic rings. The van der Waals surface area contributed by atoms with Crippen molar-refractivity contribution in [2.24, 2.45) is 0 Å². The van der Waals surface area contributed by atoms with E-state index in [9.17, 15) is 14.4 Å². The minimum absolute atomic E-state index is 0.0343. The van der Waals surface area contributed by atoms with Gasteiger partial charge in [-0.15, -0.1) is 11.8 Å². The number of carbonyl (C=O) groups excluding carboxylic acids is 3. The number of hydrogen-bond acceptors (Lipinski definition) is 10. The summed E-state index contributed by atoms with van der Waals surface area (Å²) in [6.07, 6.45) is 0.761. The van der Waals surface area contributed by atoms with E-state index in [0.717, 1.165) is 0 Å². The monoisotopic (exact) mass is 420 g/mol. The highest BCUT2D eigenvalue weighted by Gasteiger charge is 2.56. The average molecular weight is 420 g/mol. The second kappa shape index (κ2) is 7.21. The molecule has 0 radical (unpaired) electrons. The number of hydrogen-bond donors (Lipinski definition) is 1. The smallest absolute Gasteiger partial charge is 0.343 e. The molecule has 154 valence electrons. The van der Waals surface area contributed by atoms with E-state index in [2.05, 4.69) is 9.97 Å². The fraction of sp³-hybridized carbons (Fsp3) is 0.500. The molecule has 1 atom stereocenters. The number of nitrogens with zero attached hydrogens (tertiary/aromatic N) is 3. The van der Waals surface area contributed by atoms with E-state index in [1.54, 1.807) is 18.7 Å². The largest absolute Gasteiger partial charge is 0.462 e. The molecule has 2 fully saturated rings. The lowest BCUT2D eigenvalue weighted by Crippen LogP contribution is -2.46. The third-order valence-electron chi connectivity index (χ3n) is 5.00. The highest BCUT2D eigenvalue weighted by molar-refractivity contribution is 8.01. The number of aromatic nitrogens is 2. The van der Waals surface area contributed by atoms with Gasteiger partial charge in [-0.3, -0.25) is 4.79 Å². The lowest BCUT2D eigenvalue weighted by Gasteiger charge is -2.28. The van der Waals surface area contributed by atoms with Gasteiger partial charge < -0.3 is 24.5 Å². The quantitative estimate of drug-likeness (QED) is 0.706. The summed E-state index contributed by atoms with van der Waals surface area (Å²) in [5, 5.41) is 0.272. The van der Waals surface area contributed by atoms with Gasteiger partial charge in [0.25, 0.3) is 0 Å². The molecule has 0 unspecified atom stereocenters. The zero-order valence-corrected chi connectivity index (χ0v) is 16.8. The van der Waals surface area contributed by atoms with Crippen LogP contribution in [0.3, 0.4) is 0 Å². The Morgan fingerprint density at radius 2 is 2.14 bits per heavy atom. The Morgan fingerprint density at radius 3 is 2.90 bits per heavy atom. The van der Waals surface area contributed by atoms with Crippen LogP contribution < -0.4 is 5.73 Å². The number of fused-ring (bicyclic) bond motifs is 2. The fourth-order valence-corrected chi connectivity index (χ4v) is 5.10. The zero-order valence-electron chi connectivity index (χ0n) is 16.0. The molecule has 2 saturated heterocycles. The number of ether oxygens (including phenoxy) is 2. The molecule has 0 aliphatic carbocycles. The number of aryl methyl sites for hydroxylation is 1. The summed E-state index contributed by atoms with van der Waals surface area (Å²) in [6, 6.07) is 0. The van der Waals surface area contributed by atoms with E-state index >= 15 is 0 Å². The third kappa shape index (κ3) is 3.09. The van der Waals surface area contributed by atoms with Crippen molar-refractivity contribution in [3.8, 4) is 0 Å². The summed E-state index contributed by atoms with van der Waals surface area (Å²) in [5.74, 6) is 0.0900. The van der Waals surface area contributed by atoms with Crippen LogP contribution in [0, 0.1) is 6.92 Å². The molecule has 4 heterocycles. The van der Waals surface area contributed by atoms with Crippen LogP contribution in [-0.2, 0) is 25.7 Å². The molecule has 1 amide bonds. The molecule has 2 aromatic heterocycles. The summed E-state index contributed by atoms with van der Waals surface area (Å²) in [4.78, 5) is 45.9. The van der Waals surface area contributed by atoms with Crippen molar-refractivity contribution >= 4 is 46.5 Å². The number of esters is 2. The van der Waals surface area contributed by atoms with Gasteiger partial charge in [-0.2, -0.15) is 4.98 Å². The number of carbonyl (C=O) groups is 3. The molecular formula is C18H20N4O6S. The summed E-state index contributed by atoms with van der Waals surface area (Å²) >= 11 is 1.42. The molecule has 0 saturated carbocycles. The van der Waals surface area contributed by atoms with Crippen molar-refractivity contribution in [2.45, 2.75) is 38.2 Å². The normalized spacial score (nSPS) is 20.9. The number of nitrogen functional groups attached to an aromatic ring is 1. The topological polar surface area (TPSA) is 138 Å². The van der Waals surface area contributed by atoms with E-state index in [-0.39, 0.29) is 47.4 Å². The molecule has 2 N–H and O–H groups in total. The first-order valence-electron chi connectivity index (χ1n) is 9.21. The Hall–Kier alpha value is -2.82. The minimum atomic E-state index is -0.953. The van der Waals surface area contributed by atoms with E-state index in [1.807, 2.05) is 0 Å². The first-order valence-corrected chi connectivity index (χ1v) is 10.2. The summed E-state index contributed by atoms with van der Waals surface area (Å²) < 4.78 is 16.0. The standard InChI is InChI=1S/C18H20N4O6S/c1-3-26-16(24)12-9(2)28-15-13(12)14(19)20-10(21-15)8-27-17(25)18-5-4-11(23)22(18)6-7-29-18/h3-8H2,1-2H3,(H2,19,20,21)/t18-/m0/s1. The van der Waals surface area contributed by atoms with Gasteiger partial charge in [0.05, 0.1) is 12.0 Å². The number of rotatable bonds is 5. The molecule has 4 rings (SSSR count). The predicted molar refractivity (Wildman–Crippen MR) is 103 cm³/mol. The maximum Gasteiger partial charge on any atom is 0.343 e. The van der Waals surface area contributed by atoms with Crippen molar-refractivity contribution in [2.75, 3.05) is 24.6 Å². The van der Waals surface area contributed by atoms with E-state index in [4.69, 9.17) is 19.6 Å². The molecule has 11 heteroatoms. The van der Waals surface area contributed by atoms with E-state index < -0.39 is 16.8 Å². The Kier molecular flexibility index (Phi) is 4.85. The van der Waals surface area contributed by atoms with Crippen molar-refractivity contribution < 1.29 is 28.3 Å². The molecule has 0 bridgehead atoms. The summed E-state index contributed by atoms with van der Waals surface area (Å²) in [7, 11) is 0. The molecule has 0 spiro atoms. The highest BCUT2D eigenvalue weighted by atomic mass is 32.2. The second-order valence-corrected chi connectivity index (χ2v) is 8.09. The number of furan rings is 1. The van der Waals surface area contributed by atoms with Crippen LogP contribution in [0.1, 0.15) is 41.7 Å². The van der Waals surface area contributed by atoms with Crippen LogP contribution in [0.5, 0.6) is 0 Å². The van der Waals surface area contributed by atoms with E-state index in [0.29, 0.717) is 30.9 Å². The molecule has 29 heavy (non-hydrogen) atoms. The maximum absolute atomic E-state index is 12.7. The first-order chi connectivity index (χ1) is 13.9. The number of anilines is 1. The number of thioether (sulfide) groups is 1. The molecule has 2 aliphatic rings. The Bertz CT molecular complexity index is 1020. The molecule has 0 aromatic carbocycles. The number of nitrogens with two attached hydrogens (primary N) is 1. The van der Waals surface area contributed by atoms with Gasteiger partial charge in [-0.1, -0.05) is 0 Å². The van der Waals surface area contributed by atoms with Crippen molar-refractivity contribution in [3.05, 3.63) is 17.1 Å². The highest BCUT2D eigenvalue weighted by Crippen LogP contribution is 2.45. The Balaban J connectivity index is 1.56. The lowest BCUT2D eigenvalue weighted by molar-refractivity contribution is -0.154. The van der Waals surface area contributed by atoms with Crippen molar-refractivity contribution in [3.63, 3.8) is 0 Å². The van der Waals surface area contributed by atoms with Crippen LogP contribution in [-0.4, -0.2) is 56.5 Å². The SMILES string of the molecule is CCOC(=O)c1c(C)oc2nc(COC(=O)[C@@]34CCC(=O)N3CCS4)nc(N)c12.